The van der Waals surface area contributed by atoms with Gasteiger partial charge in [0.2, 0.25) is 0 Å². The standard InChI is InChI=1S/C48H43N3O10S6/c1-25-27(11-14-32-41-42(59-17-16-58-41)33(64-32)21-35-44(56)49(23-38(52)53)46(62)66-35)10-13-31-40(25)29-20-26(8-12-30(29)51(31)28-6-4-3-5-7-28)9-15-37-48(2)43(60-18-19-61-48)34(65-37)22-36-45(57)50(24-39(54)55)47(63)67-36/h4,6-15,20-22,25,27,31,37,40H,3,5,16-19,23-24H2,1-2H3,(H,52,53)(H,54,55)/b14-11+,15-9+,35-21+,36-22+. The highest BCUT2D eigenvalue weighted by Gasteiger charge is 2.50. The Morgan fingerprint density at radius 1 is 0.866 bits per heavy atom. The Kier molecular flexibility index (Phi) is 12.7. The number of fused-ring (bicyclic) bond motifs is 5. The molecule has 3 fully saturated rings. The fraction of sp³-hybridized carbons (Fsp3) is 0.333. The molecule has 19 heteroatoms. The van der Waals surface area contributed by atoms with Gasteiger partial charge in [-0.3, -0.25) is 29.0 Å². The SMILES string of the molecule is CC1C(/C=C/c2sc(/C=C3/SC(=S)N(CC(=O)O)C3=O)c3c2OCCO3)C=CC2C1c1cc(/C=C/C3SC(/C=C4/SC(=S)N(CC(=O)O)C4=O)=C4OCCOC43C)ccc1N2C1=CCCC=C1. The van der Waals surface area contributed by atoms with Crippen LogP contribution in [0, 0.1) is 11.8 Å². The van der Waals surface area contributed by atoms with Gasteiger partial charge in [0.05, 0.1) is 42.4 Å². The van der Waals surface area contributed by atoms with E-state index in [2.05, 4.69) is 84.7 Å². The Balaban J connectivity index is 0.925. The third-order valence-corrected chi connectivity index (χ3v) is 18.0. The van der Waals surface area contributed by atoms with Crippen molar-refractivity contribution in [3.63, 3.8) is 0 Å². The number of aliphatic carboxylic acids is 2. The maximum atomic E-state index is 13.2. The molecule has 2 aliphatic carbocycles. The summed E-state index contributed by atoms with van der Waals surface area (Å²) in [6.45, 7) is 4.88. The number of benzene rings is 1. The number of rotatable bonds is 11. The summed E-state index contributed by atoms with van der Waals surface area (Å²) in [5, 5.41) is 18.5. The summed E-state index contributed by atoms with van der Waals surface area (Å²) in [6.07, 6.45) is 25.5. The number of carboxylic acids is 2. The molecule has 0 saturated carbocycles. The van der Waals surface area contributed by atoms with Gasteiger partial charge in [-0.05, 0) is 79.2 Å². The second kappa shape index (κ2) is 18.5. The Labute approximate surface area is 413 Å². The highest BCUT2D eigenvalue weighted by molar-refractivity contribution is 8.27. The predicted octanol–water partition coefficient (Wildman–Crippen LogP) is 8.82. The largest absolute Gasteiger partial charge is 0.491 e. The topological polar surface area (TPSA) is 155 Å². The van der Waals surface area contributed by atoms with Crippen molar-refractivity contribution in [3.8, 4) is 11.5 Å². The Morgan fingerprint density at radius 3 is 2.24 bits per heavy atom. The minimum Gasteiger partial charge on any atom is -0.491 e. The van der Waals surface area contributed by atoms with Crippen molar-refractivity contribution in [1.29, 1.82) is 0 Å². The number of amides is 2. The van der Waals surface area contributed by atoms with E-state index in [0.29, 0.717) is 58.4 Å². The van der Waals surface area contributed by atoms with Gasteiger partial charge >= 0.3 is 11.9 Å². The normalized spacial score (nSPS) is 29.0. The van der Waals surface area contributed by atoms with Gasteiger partial charge in [-0.15, -0.1) is 23.1 Å². The number of thioether (sulfide) groups is 3. The molecule has 67 heavy (non-hydrogen) atoms. The van der Waals surface area contributed by atoms with Crippen LogP contribution >= 0.6 is 71.1 Å². The van der Waals surface area contributed by atoms with Gasteiger partial charge in [0, 0.05) is 17.3 Å². The predicted molar refractivity (Wildman–Crippen MR) is 271 cm³/mol. The number of nitrogens with zero attached hydrogens (tertiary/aromatic N) is 3. The first-order chi connectivity index (χ1) is 32.3. The molecule has 0 radical (unpaired) electrons. The number of carbonyl (C=O) groups is 4. The second-order valence-corrected chi connectivity index (χ2v) is 22.5. The molecule has 1 aromatic heterocycles. The van der Waals surface area contributed by atoms with E-state index >= 15 is 0 Å². The first-order valence-corrected chi connectivity index (χ1v) is 25.8. The minimum absolute atomic E-state index is 0.0768. The van der Waals surface area contributed by atoms with Gasteiger partial charge in [0.1, 0.15) is 52.9 Å². The minimum atomic E-state index is -1.14. The zero-order chi connectivity index (χ0) is 46.7. The average molecular weight is 1010 g/mol. The summed E-state index contributed by atoms with van der Waals surface area (Å²) in [7, 11) is 0. The molecule has 13 nitrogen and oxygen atoms in total. The molecule has 0 bridgehead atoms. The van der Waals surface area contributed by atoms with Crippen LogP contribution in [0.4, 0.5) is 5.69 Å². The van der Waals surface area contributed by atoms with Gasteiger partial charge in [0.25, 0.3) is 11.8 Å². The molecular weight excluding hydrogens is 971 g/mol. The van der Waals surface area contributed by atoms with Crippen molar-refractivity contribution in [2.75, 3.05) is 44.4 Å². The lowest BCUT2D eigenvalue weighted by atomic mass is 9.72. The summed E-state index contributed by atoms with van der Waals surface area (Å²) in [4.78, 5) is 56.8. The number of ether oxygens (including phenoxy) is 4. The number of thiophene rings is 1. The van der Waals surface area contributed by atoms with Crippen molar-refractivity contribution < 1.29 is 48.3 Å². The van der Waals surface area contributed by atoms with Gasteiger partial charge in [-0.2, -0.15) is 0 Å². The molecule has 3 saturated heterocycles. The maximum absolute atomic E-state index is 13.2. The van der Waals surface area contributed by atoms with Crippen LogP contribution in [-0.4, -0.2) is 109 Å². The summed E-state index contributed by atoms with van der Waals surface area (Å²) < 4.78 is 25.3. The number of hydrogen-bond donors (Lipinski definition) is 2. The quantitative estimate of drug-likeness (QED) is 0.125. The van der Waals surface area contributed by atoms with Crippen LogP contribution in [-0.2, 0) is 28.7 Å². The van der Waals surface area contributed by atoms with E-state index in [1.807, 2.05) is 6.92 Å². The first-order valence-electron chi connectivity index (χ1n) is 21.7. The molecule has 8 aliphatic rings. The molecule has 2 N–H and O–H groups in total. The zero-order valence-electron chi connectivity index (χ0n) is 36.1. The van der Waals surface area contributed by atoms with Crippen LogP contribution in [0.2, 0.25) is 0 Å². The van der Waals surface area contributed by atoms with Crippen LogP contribution in [0.5, 0.6) is 11.5 Å². The van der Waals surface area contributed by atoms with Gasteiger partial charge in [-0.25, -0.2) is 0 Å². The molecule has 2 amide bonds. The molecule has 6 atom stereocenters. The molecule has 346 valence electrons. The molecular formula is C48H43N3O10S6. The van der Waals surface area contributed by atoms with Crippen LogP contribution in [0.1, 0.15) is 53.5 Å². The van der Waals surface area contributed by atoms with E-state index in [-0.39, 0.29) is 37.7 Å². The van der Waals surface area contributed by atoms with Crippen molar-refractivity contribution in [2.45, 2.75) is 49.5 Å². The molecule has 10 rings (SSSR count). The molecule has 7 heterocycles. The lowest BCUT2D eigenvalue weighted by Gasteiger charge is -2.37. The summed E-state index contributed by atoms with van der Waals surface area (Å²) in [5.41, 5.74) is 3.89. The highest BCUT2D eigenvalue weighted by Crippen LogP contribution is 2.54. The van der Waals surface area contributed by atoms with Crippen LogP contribution < -0.4 is 14.4 Å². The van der Waals surface area contributed by atoms with Crippen molar-refractivity contribution >= 4 is 127 Å². The highest BCUT2D eigenvalue weighted by atomic mass is 32.2. The number of carboxylic acid groups (broad SMARTS) is 2. The average Bonchev–Trinajstić information content (AvgIpc) is 4.06. The maximum Gasteiger partial charge on any atom is 0.323 e. The summed E-state index contributed by atoms with van der Waals surface area (Å²) >= 11 is 15.8. The fourth-order valence-electron chi connectivity index (χ4n) is 9.59. The molecule has 6 unspecified atom stereocenters. The van der Waals surface area contributed by atoms with E-state index < -0.39 is 42.4 Å². The second-order valence-electron chi connectivity index (χ2n) is 16.9. The van der Waals surface area contributed by atoms with E-state index in [0.717, 1.165) is 61.5 Å². The smallest absolute Gasteiger partial charge is 0.323 e. The monoisotopic (exact) mass is 1010 g/mol. The first kappa shape index (κ1) is 45.9. The zero-order valence-corrected chi connectivity index (χ0v) is 41.0. The molecule has 1 aromatic carbocycles. The Morgan fingerprint density at radius 2 is 1.55 bits per heavy atom. The van der Waals surface area contributed by atoms with Crippen LogP contribution in [0.3, 0.4) is 0 Å². The van der Waals surface area contributed by atoms with Gasteiger partial charge < -0.3 is 34.1 Å². The molecule has 0 spiro atoms. The fourth-order valence-corrected chi connectivity index (χ4v) is 14.6. The number of anilines is 1. The number of allylic oxidation sites excluding steroid dienone is 6. The Bertz CT molecular complexity index is 2790. The van der Waals surface area contributed by atoms with E-state index in [4.69, 9.17) is 43.4 Å². The number of carbonyl (C=O) groups excluding carboxylic acids is 2. The lowest BCUT2D eigenvalue weighted by molar-refractivity contribution is -0.140. The Hall–Kier alpha value is -4.89. The van der Waals surface area contributed by atoms with Crippen LogP contribution in [0.25, 0.3) is 18.2 Å². The van der Waals surface area contributed by atoms with E-state index in [1.54, 1.807) is 23.9 Å². The van der Waals surface area contributed by atoms with E-state index in [1.165, 1.54) is 28.3 Å². The summed E-state index contributed by atoms with van der Waals surface area (Å²) in [5.74, 6) is -0.891. The van der Waals surface area contributed by atoms with Crippen molar-refractivity contribution in [3.05, 3.63) is 114 Å². The summed E-state index contributed by atoms with van der Waals surface area (Å²) in [6, 6.07) is 6.80. The number of hydrogen-bond acceptors (Lipinski definition) is 15. The van der Waals surface area contributed by atoms with Gasteiger partial charge in [-0.1, -0.05) is 103 Å². The van der Waals surface area contributed by atoms with Crippen LogP contribution in [0.15, 0.2) is 93.0 Å². The van der Waals surface area contributed by atoms with Crippen molar-refractivity contribution in [2.24, 2.45) is 11.8 Å². The molecule has 6 aliphatic heterocycles. The van der Waals surface area contributed by atoms with E-state index in [9.17, 15) is 29.4 Å². The lowest BCUT2D eigenvalue weighted by Crippen LogP contribution is -2.43. The third-order valence-electron chi connectivity index (χ3n) is 12.7. The molecule has 2 aromatic rings. The van der Waals surface area contributed by atoms with Gasteiger partial charge in [0.15, 0.2) is 11.5 Å². The third kappa shape index (κ3) is 8.54. The van der Waals surface area contributed by atoms with Crippen molar-refractivity contribution in [1.82, 2.24) is 9.80 Å². The number of thiocarbonyl (C=S) groups is 2.